The average molecular weight is 504 g/mol. The third-order valence-electron chi connectivity index (χ3n) is 7.05. The predicted molar refractivity (Wildman–Crippen MR) is 137 cm³/mol. The van der Waals surface area contributed by atoms with Crippen molar-refractivity contribution in [2.24, 2.45) is 5.92 Å². The van der Waals surface area contributed by atoms with Gasteiger partial charge in [-0.15, -0.1) is 0 Å². The first kappa shape index (κ1) is 23.4. The molecule has 0 bridgehead atoms. The topological polar surface area (TPSA) is 87.3 Å². The largest absolute Gasteiger partial charge is 0.486 e. The summed E-state index contributed by atoms with van der Waals surface area (Å²) in [5, 5.41) is 14.3. The van der Waals surface area contributed by atoms with Crippen LogP contribution >= 0.6 is 23.2 Å². The zero-order chi connectivity index (χ0) is 24.0. The van der Waals surface area contributed by atoms with E-state index in [1.165, 1.54) is 32.1 Å². The number of halogens is 2. The second-order valence-corrected chi connectivity index (χ2v) is 11.0. The number of hydrogen-bond donors (Lipinski definition) is 4. The van der Waals surface area contributed by atoms with Crippen molar-refractivity contribution in [1.29, 1.82) is 0 Å². The van der Waals surface area contributed by atoms with Gasteiger partial charge in [0, 0.05) is 30.4 Å². The van der Waals surface area contributed by atoms with E-state index in [9.17, 15) is 4.79 Å². The third kappa shape index (κ3) is 4.48. The standard InChI is InChI=1S/C25H31Cl2N5O2/c1-13(14-7-5-4-6-8-14)29-23(33)15-9-19-20(16-10-25(2,3)34-22(15)16)31-24(30-19)32-21-17(26)11-28-12-18(21)27/h9,11-14,24,30-31H,4-8,10H2,1-3H3,(H,28,32)(H,29,33). The lowest BCUT2D eigenvalue weighted by Gasteiger charge is -2.28. The number of anilines is 3. The molecule has 1 aliphatic carbocycles. The van der Waals surface area contributed by atoms with Gasteiger partial charge in [-0.1, -0.05) is 42.5 Å². The van der Waals surface area contributed by atoms with Gasteiger partial charge in [0.25, 0.3) is 5.91 Å². The molecule has 2 atom stereocenters. The van der Waals surface area contributed by atoms with Crippen molar-refractivity contribution in [1.82, 2.24) is 10.3 Å². The van der Waals surface area contributed by atoms with Crippen LogP contribution in [0.3, 0.4) is 0 Å². The van der Waals surface area contributed by atoms with Crippen LogP contribution in [0.4, 0.5) is 17.1 Å². The minimum atomic E-state index is -0.396. The van der Waals surface area contributed by atoms with Crippen LogP contribution in [0.2, 0.25) is 10.0 Å². The van der Waals surface area contributed by atoms with Crippen LogP contribution in [0.5, 0.6) is 5.75 Å². The molecule has 0 spiro atoms. The van der Waals surface area contributed by atoms with Gasteiger partial charge in [-0.3, -0.25) is 9.78 Å². The summed E-state index contributed by atoms with van der Waals surface area (Å²) in [6.45, 7) is 6.20. The monoisotopic (exact) mass is 503 g/mol. The lowest BCUT2D eigenvalue weighted by molar-refractivity contribution is 0.0906. The number of rotatable bonds is 5. The molecule has 7 nitrogen and oxygen atoms in total. The van der Waals surface area contributed by atoms with Crippen molar-refractivity contribution >= 4 is 46.2 Å². The van der Waals surface area contributed by atoms with E-state index in [0.29, 0.717) is 39.4 Å². The van der Waals surface area contributed by atoms with E-state index in [-0.39, 0.29) is 18.2 Å². The van der Waals surface area contributed by atoms with Gasteiger partial charge < -0.3 is 26.0 Å². The molecule has 1 saturated carbocycles. The van der Waals surface area contributed by atoms with E-state index in [0.717, 1.165) is 16.9 Å². The van der Waals surface area contributed by atoms with Crippen molar-refractivity contribution in [3.8, 4) is 5.75 Å². The van der Waals surface area contributed by atoms with Crippen LogP contribution in [0.1, 0.15) is 68.8 Å². The number of ether oxygens (including phenoxy) is 1. The molecule has 0 radical (unpaired) electrons. The van der Waals surface area contributed by atoms with Crippen molar-refractivity contribution in [2.75, 3.05) is 16.0 Å². The molecule has 3 aliphatic rings. The number of nitrogens with zero attached hydrogens (tertiary/aromatic N) is 1. The molecule has 5 rings (SSSR count). The normalized spacial score (nSPS) is 21.5. The highest BCUT2D eigenvalue weighted by Gasteiger charge is 2.39. The maximum Gasteiger partial charge on any atom is 0.255 e. The Morgan fingerprint density at radius 3 is 2.59 bits per heavy atom. The maximum atomic E-state index is 13.4. The van der Waals surface area contributed by atoms with E-state index in [1.54, 1.807) is 12.4 Å². The fraction of sp³-hybridized carbons (Fsp3) is 0.520. The summed E-state index contributed by atoms with van der Waals surface area (Å²) in [6.07, 6.45) is 9.55. The first-order chi connectivity index (χ1) is 16.2. The number of pyridine rings is 1. The minimum Gasteiger partial charge on any atom is -0.486 e. The number of carbonyl (C=O) groups is 1. The Balaban J connectivity index is 1.41. The predicted octanol–water partition coefficient (Wildman–Crippen LogP) is 6.03. The highest BCUT2D eigenvalue weighted by molar-refractivity contribution is 6.38. The van der Waals surface area contributed by atoms with E-state index in [1.807, 2.05) is 19.9 Å². The lowest BCUT2D eigenvalue weighted by atomic mass is 9.84. The fourth-order valence-corrected chi connectivity index (χ4v) is 5.80. The zero-order valence-corrected chi connectivity index (χ0v) is 21.2. The summed E-state index contributed by atoms with van der Waals surface area (Å²) in [5.41, 5.74) is 3.53. The molecule has 34 heavy (non-hydrogen) atoms. The average Bonchev–Trinajstić information content (AvgIpc) is 3.35. The number of nitrogens with one attached hydrogen (secondary N) is 4. The molecular formula is C25H31Cl2N5O2. The van der Waals surface area contributed by atoms with E-state index >= 15 is 0 Å². The Labute approximate surface area is 210 Å². The van der Waals surface area contributed by atoms with Gasteiger partial charge in [0.15, 0.2) is 6.29 Å². The first-order valence-corrected chi connectivity index (χ1v) is 12.8. The van der Waals surface area contributed by atoms with Crippen molar-refractivity contribution in [2.45, 2.75) is 77.2 Å². The van der Waals surface area contributed by atoms with E-state index in [4.69, 9.17) is 27.9 Å². The summed E-state index contributed by atoms with van der Waals surface area (Å²) in [4.78, 5) is 17.4. The molecule has 9 heteroatoms. The van der Waals surface area contributed by atoms with Gasteiger partial charge in [0.2, 0.25) is 0 Å². The van der Waals surface area contributed by atoms with Crippen molar-refractivity contribution < 1.29 is 9.53 Å². The molecular weight excluding hydrogens is 473 g/mol. The van der Waals surface area contributed by atoms with Gasteiger partial charge in [-0.25, -0.2) is 0 Å². The van der Waals surface area contributed by atoms with Gasteiger partial charge in [0.05, 0.1) is 32.7 Å². The van der Waals surface area contributed by atoms with Crippen LogP contribution < -0.4 is 26.0 Å². The Hall–Kier alpha value is -2.38. The summed E-state index contributed by atoms with van der Waals surface area (Å²) in [5.74, 6) is 1.10. The molecule has 182 valence electrons. The lowest BCUT2D eigenvalue weighted by Crippen LogP contribution is -2.39. The van der Waals surface area contributed by atoms with Crippen molar-refractivity contribution in [3.63, 3.8) is 0 Å². The third-order valence-corrected chi connectivity index (χ3v) is 7.62. The molecule has 4 N–H and O–H groups in total. The van der Waals surface area contributed by atoms with Gasteiger partial charge >= 0.3 is 0 Å². The van der Waals surface area contributed by atoms with Gasteiger partial charge in [0.1, 0.15) is 11.4 Å². The molecule has 1 amide bonds. The number of carbonyl (C=O) groups excluding carboxylic acids is 1. The first-order valence-electron chi connectivity index (χ1n) is 12.0. The fourth-order valence-electron chi connectivity index (χ4n) is 5.33. The highest BCUT2D eigenvalue weighted by atomic mass is 35.5. The number of hydrogen-bond acceptors (Lipinski definition) is 6. The molecule has 2 aromatic rings. The number of aromatic nitrogens is 1. The zero-order valence-electron chi connectivity index (χ0n) is 19.7. The second-order valence-electron chi connectivity index (χ2n) is 10.2. The number of amides is 1. The summed E-state index contributed by atoms with van der Waals surface area (Å²) in [6, 6.07) is 2.01. The summed E-state index contributed by atoms with van der Waals surface area (Å²) in [7, 11) is 0. The van der Waals surface area contributed by atoms with Crippen LogP contribution in [-0.4, -0.2) is 28.8 Å². The molecule has 1 fully saturated rings. The minimum absolute atomic E-state index is 0.0896. The molecule has 1 aromatic heterocycles. The SMILES string of the molecule is CC(NC(=O)c1cc2c(c3c1OC(C)(C)C3)NC(Nc1c(Cl)cncc1Cl)N2)C1CCCCC1. The van der Waals surface area contributed by atoms with Crippen LogP contribution in [0, 0.1) is 5.92 Å². The van der Waals surface area contributed by atoms with Gasteiger partial charge in [-0.2, -0.15) is 0 Å². The van der Waals surface area contributed by atoms with Crippen LogP contribution in [0.25, 0.3) is 0 Å². The Morgan fingerprint density at radius 1 is 1.18 bits per heavy atom. The smallest absolute Gasteiger partial charge is 0.255 e. The molecule has 2 unspecified atom stereocenters. The molecule has 1 aromatic carbocycles. The Bertz CT molecular complexity index is 1100. The maximum absolute atomic E-state index is 13.4. The summed E-state index contributed by atoms with van der Waals surface area (Å²) >= 11 is 12.6. The second kappa shape index (κ2) is 9.00. The van der Waals surface area contributed by atoms with Crippen LogP contribution in [0.15, 0.2) is 18.5 Å². The molecule has 2 aliphatic heterocycles. The molecule has 3 heterocycles. The van der Waals surface area contributed by atoms with E-state index < -0.39 is 5.60 Å². The van der Waals surface area contributed by atoms with Crippen molar-refractivity contribution in [3.05, 3.63) is 39.6 Å². The Morgan fingerprint density at radius 2 is 1.88 bits per heavy atom. The number of fused-ring (bicyclic) bond motifs is 3. The quantitative estimate of drug-likeness (QED) is 0.398. The summed E-state index contributed by atoms with van der Waals surface area (Å²) < 4.78 is 6.29. The Kier molecular flexibility index (Phi) is 6.19. The molecule has 0 saturated heterocycles. The number of benzene rings is 1. The van der Waals surface area contributed by atoms with Gasteiger partial charge in [-0.05, 0) is 45.6 Å². The van der Waals surface area contributed by atoms with E-state index in [2.05, 4.69) is 33.2 Å². The highest BCUT2D eigenvalue weighted by Crippen LogP contribution is 2.48. The van der Waals surface area contributed by atoms with Crippen LogP contribution in [-0.2, 0) is 6.42 Å².